The Balaban J connectivity index is 2.47. The van der Waals surface area contributed by atoms with Crippen LogP contribution in [-0.4, -0.2) is 0 Å². The number of benzene rings is 2. The fraction of sp³-hybridized carbons (Fsp3) is 0.190. The van der Waals surface area contributed by atoms with Crippen LogP contribution in [0.5, 0.6) is 0 Å². The molecule has 0 N–H and O–H groups in total. The minimum absolute atomic E-state index is 0.0477. The Hall–Kier alpha value is -2.41. The van der Waals surface area contributed by atoms with Gasteiger partial charge in [0.2, 0.25) is 5.69 Å². The van der Waals surface area contributed by atoms with Crippen molar-refractivity contribution in [3.8, 4) is 22.4 Å². The summed E-state index contributed by atoms with van der Waals surface area (Å²) in [5.41, 5.74) is 3.62. The Kier molecular flexibility index (Phi) is 2.33. The number of rotatable bonds is 2. The van der Waals surface area contributed by atoms with Crippen LogP contribution in [0.3, 0.4) is 0 Å². The molecule has 3 rings (SSSR count). The lowest BCUT2D eigenvalue weighted by Crippen LogP contribution is -2.30. The van der Waals surface area contributed by atoms with E-state index in [0.717, 1.165) is 16.8 Å². The van der Waals surface area contributed by atoms with Crippen molar-refractivity contribution in [3.05, 3.63) is 77.5 Å². The van der Waals surface area contributed by atoms with Crippen LogP contribution in [0.25, 0.3) is 22.4 Å². The molecule has 0 saturated heterocycles. The summed E-state index contributed by atoms with van der Waals surface area (Å²) in [6.45, 7) is -2.92. The molecular formula is C21H22N+. The summed E-state index contributed by atoms with van der Waals surface area (Å²) in [5.74, 6) is 0. The molecule has 0 bridgehead atoms. The van der Waals surface area contributed by atoms with Crippen LogP contribution >= 0.6 is 0 Å². The first-order chi connectivity index (χ1) is 13.0. The quantitative estimate of drug-likeness (QED) is 0.599. The lowest BCUT2D eigenvalue weighted by molar-refractivity contribution is -0.660. The van der Waals surface area contributed by atoms with E-state index in [-0.39, 0.29) is 16.7 Å². The van der Waals surface area contributed by atoms with E-state index >= 15 is 0 Å². The van der Waals surface area contributed by atoms with Gasteiger partial charge in [-0.1, -0.05) is 36.4 Å². The van der Waals surface area contributed by atoms with Crippen molar-refractivity contribution in [2.45, 2.75) is 20.6 Å². The Labute approximate surface area is 141 Å². The number of aromatic nitrogens is 1. The van der Waals surface area contributed by atoms with Crippen molar-refractivity contribution in [2.24, 2.45) is 7.05 Å². The second-order valence-electron chi connectivity index (χ2n) is 5.42. The number of aryl methyl sites for hydroxylation is 4. The zero-order valence-corrected chi connectivity index (χ0v) is 12.7. The maximum atomic E-state index is 7.98. The molecule has 0 aliphatic heterocycles. The first-order valence-corrected chi connectivity index (χ1v) is 7.21. The maximum Gasteiger partial charge on any atom is 0.213 e. The highest BCUT2D eigenvalue weighted by Crippen LogP contribution is 2.36. The molecule has 2 aromatic carbocycles. The second-order valence-corrected chi connectivity index (χ2v) is 5.42. The molecule has 0 unspecified atom stereocenters. The van der Waals surface area contributed by atoms with Gasteiger partial charge in [0, 0.05) is 20.4 Å². The molecule has 0 aliphatic carbocycles. The zero-order chi connectivity index (χ0) is 20.7. The maximum absolute atomic E-state index is 7.98. The van der Waals surface area contributed by atoms with Crippen molar-refractivity contribution in [3.63, 3.8) is 0 Å². The molecule has 22 heavy (non-hydrogen) atoms. The first kappa shape index (κ1) is 8.89. The van der Waals surface area contributed by atoms with Gasteiger partial charge in [0.05, 0.1) is 5.56 Å². The fourth-order valence-corrected chi connectivity index (χ4v) is 2.84. The van der Waals surface area contributed by atoms with E-state index in [1.807, 2.05) is 55.1 Å². The van der Waals surface area contributed by atoms with Gasteiger partial charge in [0.1, 0.15) is 7.05 Å². The predicted octanol–water partition coefficient (Wildman–Crippen LogP) is 4.77. The van der Waals surface area contributed by atoms with Crippen LogP contribution < -0.4 is 4.57 Å². The average Bonchev–Trinajstić information content (AvgIpc) is 2.60. The van der Waals surface area contributed by atoms with Gasteiger partial charge in [-0.2, -0.15) is 0 Å². The summed E-state index contributed by atoms with van der Waals surface area (Å²) >= 11 is 0. The van der Waals surface area contributed by atoms with Crippen LogP contribution in [0.15, 0.2) is 60.8 Å². The molecule has 1 aromatic heterocycles. The highest BCUT2D eigenvalue weighted by molar-refractivity contribution is 5.86. The highest BCUT2D eigenvalue weighted by atomic mass is 14.9. The van der Waals surface area contributed by atoms with E-state index in [0.29, 0.717) is 5.56 Å². The van der Waals surface area contributed by atoms with E-state index in [9.17, 15) is 0 Å². The lowest BCUT2D eigenvalue weighted by atomic mass is 9.88. The second kappa shape index (κ2) is 5.76. The molecule has 1 nitrogen and oxygen atoms in total. The number of nitrogens with zero attached hydrogens (tertiary/aromatic N) is 1. The van der Waals surface area contributed by atoms with E-state index < -0.39 is 13.7 Å². The molecule has 110 valence electrons. The zero-order valence-electron chi connectivity index (χ0n) is 18.7. The first-order valence-electron chi connectivity index (χ1n) is 10.2. The van der Waals surface area contributed by atoms with Gasteiger partial charge in [0.25, 0.3) is 0 Å². The Morgan fingerprint density at radius 2 is 1.45 bits per heavy atom. The van der Waals surface area contributed by atoms with Gasteiger partial charge >= 0.3 is 0 Å². The molecule has 1 heteroatoms. The summed E-state index contributed by atoms with van der Waals surface area (Å²) in [4.78, 5) is 0. The number of pyridine rings is 1. The Morgan fingerprint density at radius 1 is 0.773 bits per heavy atom. The molecular weight excluding hydrogens is 266 g/mol. The highest BCUT2D eigenvalue weighted by Gasteiger charge is 2.18. The third-order valence-electron chi connectivity index (χ3n) is 3.92. The van der Waals surface area contributed by atoms with Gasteiger partial charge < -0.3 is 0 Å². The van der Waals surface area contributed by atoms with Gasteiger partial charge in [0.15, 0.2) is 6.20 Å². The van der Waals surface area contributed by atoms with E-state index in [1.165, 1.54) is 18.2 Å². The average molecular weight is 294 g/mol. The van der Waals surface area contributed by atoms with Crippen molar-refractivity contribution in [2.75, 3.05) is 0 Å². The molecule has 0 atom stereocenters. The van der Waals surface area contributed by atoms with Crippen molar-refractivity contribution >= 4 is 0 Å². The summed E-state index contributed by atoms with van der Waals surface area (Å²) in [7, 11) is 1.91. The molecule has 0 radical (unpaired) electrons. The fourth-order valence-electron chi connectivity index (χ4n) is 2.84. The normalized spacial score (nSPS) is 15.9. The Bertz CT molecular complexity index is 986. The van der Waals surface area contributed by atoms with Gasteiger partial charge in [-0.05, 0) is 54.5 Å². The monoisotopic (exact) mass is 294 g/mol. The summed E-state index contributed by atoms with van der Waals surface area (Å²) in [5, 5.41) is 0. The van der Waals surface area contributed by atoms with Crippen molar-refractivity contribution in [1.29, 1.82) is 0 Å². The number of hydrogen-bond acceptors (Lipinski definition) is 0. The van der Waals surface area contributed by atoms with Crippen molar-refractivity contribution < 1.29 is 12.8 Å². The van der Waals surface area contributed by atoms with Crippen molar-refractivity contribution in [1.82, 2.24) is 0 Å². The molecule has 0 amide bonds. The third-order valence-corrected chi connectivity index (χ3v) is 3.92. The van der Waals surface area contributed by atoms with E-state index in [1.54, 1.807) is 6.07 Å². The topological polar surface area (TPSA) is 3.88 Å². The van der Waals surface area contributed by atoms with Crippen LogP contribution in [0.4, 0.5) is 0 Å². The minimum Gasteiger partial charge on any atom is -0.201 e. The summed E-state index contributed by atoms with van der Waals surface area (Å²) < 4.78 is 49.8. The summed E-state index contributed by atoms with van der Waals surface area (Å²) in [6.07, 6.45) is 1.91. The molecule has 0 saturated carbocycles. The molecule has 0 aliphatic rings. The predicted molar refractivity (Wildman–Crippen MR) is 92.7 cm³/mol. The Morgan fingerprint density at radius 3 is 2.14 bits per heavy atom. The molecule has 0 fully saturated rings. The van der Waals surface area contributed by atoms with Gasteiger partial charge in [-0.15, -0.1) is 0 Å². The minimum atomic E-state index is -2.43. The van der Waals surface area contributed by atoms with E-state index in [4.69, 9.17) is 8.22 Å². The van der Waals surface area contributed by atoms with Crippen LogP contribution in [0, 0.1) is 20.6 Å². The molecule has 0 spiro atoms. The SMILES string of the molecule is [2H]C([2H])([2H])c1cccc(C([2H])([2H])[2H])c1-c1cccc(C)c1-c1cccc[n+]1C. The summed E-state index contributed by atoms with van der Waals surface area (Å²) in [6, 6.07) is 15.8. The molecule has 3 aromatic rings. The van der Waals surface area contributed by atoms with Crippen LogP contribution in [-0.2, 0) is 7.05 Å². The third kappa shape index (κ3) is 2.43. The number of hydrogen-bond donors (Lipinski definition) is 0. The molecule has 1 heterocycles. The van der Waals surface area contributed by atoms with E-state index in [2.05, 4.69) is 0 Å². The largest absolute Gasteiger partial charge is 0.213 e. The van der Waals surface area contributed by atoms with Crippen LogP contribution in [0.1, 0.15) is 24.9 Å². The van der Waals surface area contributed by atoms with Gasteiger partial charge in [-0.25, -0.2) is 4.57 Å². The van der Waals surface area contributed by atoms with Gasteiger partial charge in [-0.3, -0.25) is 0 Å². The standard InChI is InChI=1S/C21H22N/c1-15-9-7-10-16(2)20(15)18-12-8-11-17(3)21(18)19-13-5-6-14-22(19)4/h5-14H,1-4H3/q+1/i1D3,2D3. The smallest absolute Gasteiger partial charge is 0.201 e. The lowest BCUT2D eigenvalue weighted by Gasteiger charge is -2.15. The van der Waals surface area contributed by atoms with Crippen LogP contribution in [0.2, 0.25) is 0 Å².